The highest BCUT2D eigenvalue weighted by molar-refractivity contribution is 5.94. The molecule has 0 spiro atoms. The zero-order valence-electron chi connectivity index (χ0n) is 12.9. The summed E-state index contributed by atoms with van der Waals surface area (Å²) in [5.74, 6) is -0.0581. The molecule has 0 atom stereocenters. The second-order valence-corrected chi connectivity index (χ2v) is 6.14. The minimum atomic E-state index is -0.110. The summed E-state index contributed by atoms with van der Waals surface area (Å²) in [6.07, 6.45) is 0.163. The molecule has 1 aromatic carbocycles. The molecule has 0 bridgehead atoms. The van der Waals surface area contributed by atoms with E-state index in [-0.39, 0.29) is 24.3 Å². The van der Waals surface area contributed by atoms with Crippen molar-refractivity contribution < 1.29 is 9.90 Å². The van der Waals surface area contributed by atoms with Crippen molar-refractivity contribution in [2.75, 3.05) is 18.6 Å². The molecule has 3 heteroatoms. The van der Waals surface area contributed by atoms with Crippen molar-refractivity contribution in [2.24, 2.45) is 0 Å². The first-order valence-electron chi connectivity index (χ1n) is 6.67. The lowest BCUT2D eigenvalue weighted by Gasteiger charge is -2.26. The summed E-state index contributed by atoms with van der Waals surface area (Å²) in [6, 6.07) is 4.29. The molecule has 0 aromatic heterocycles. The second kappa shape index (κ2) is 5.74. The number of rotatable bonds is 3. The van der Waals surface area contributed by atoms with Gasteiger partial charge < -0.3 is 10.0 Å². The Morgan fingerprint density at radius 3 is 2.05 bits per heavy atom. The maximum absolute atomic E-state index is 11.9. The Morgan fingerprint density at radius 2 is 1.68 bits per heavy atom. The van der Waals surface area contributed by atoms with Crippen molar-refractivity contribution >= 4 is 11.6 Å². The van der Waals surface area contributed by atoms with Crippen LogP contribution in [0.15, 0.2) is 12.1 Å². The number of aliphatic hydroxyl groups is 1. The summed E-state index contributed by atoms with van der Waals surface area (Å²) < 4.78 is 0. The van der Waals surface area contributed by atoms with E-state index in [4.69, 9.17) is 5.11 Å². The highest BCUT2D eigenvalue weighted by Gasteiger charge is 2.19. The summed E-state index contributed by atoms with van der Waals surface area (Å²) in [7, 11) is 1.77. The van der Waals surface area contributed by atoms with Crippen LogP contribution < -0.4 is 4.90 Å². The molecule has 0 unspecified atom stereocenters. The maximum Gasteiger partial charge on any atom is 0.229 e. The van der Waals surface area contributed by atoms with Crippen LogP contribution in [0, 0.1) is 13.8 Å². The van der Waals surface area contributed by atoms with Gasteiger partial charge in [0.1, 0.15) is 0 Å². The Balaban J connectivity index is 3.21. The number of aryl methyl sites for hydroxylation is 2. The molecule has 19 heavy (non-hydrogen) atoms. The van der Waals surface area contributed by atoms with Gasteiger partial charge in [-0.05, 0) is 36.0 Å². The third-order valence-corrected chi connectivity index (χ3v) is 3.39. The molecular weight excluding hydrogens is 238 g/mol. The minimum Gasteiger partial charge on any atom is -0.396 e. The van der Waals surface area contributed by atoms with Gasteiger partial charge in [-0.3, -0.25) is 4.79 Å². The molecule has 0 aliphatic rings. The van der Waals surface area contributed by atoms with Crippen molar-refractivity contribution in [1.82, 2.24) is 0 Å². The molecule has 106 valence electrons. The van der Waals surface area contributed by atoms with Crippen LogP contribution in [0.1, 0.15) is 43.9 Å². The lowest BCUT2D eigenvalue weighted by atomic mass is 9.84. The molecule has 0 heterocycles. The van der Waals surface area contributed by atoms with Gasteiger partial charge >= 0.3 is 0 Å². The fourth-order valence-corrected chi connectivity index (χ4v) is 2.31. The number of carbonyl (C=O) groups excluding carboxylic acids is 1. The van der Waals surface area contributed by atoms with Crippen LogP contribution in [0.25, 0.3) is 0 Å². The van der Waals surface area contributed by atoms with Gasteiger partial charge in [0.25, 0.3) is 0 Å². The predicted molar refractivity (Wildman–Crippen MR) is 79.7 cm³/mol. The van der Waals surface area contributed by atoms with Gasteiger partial charge in [0.15, 0.2) is 0 Å². The first-order chi connectivity index (χ1) is 8.68. The van der Waals surface area contributed by atoms with Gasteiger partial charge in [0.2, 0.25) is 5.91 Å². The van der Waals surface area contributed by atoms with E-state index in [0.717, 1.165) is 16.8 Å². The number of carbonyl (C=O) groups is 1. The van der Waals surface area contributed by atoms with E-state index in [0.29, 0.717) is 0 Å². The number of hydrogen-bond acceptors (Lipinski definition) is 2. The molecule has 0 aliphatic heterocycles. The molecule has 1 amide bonds. The van der Waals surface area contributed by atoms with Crippen molar-refractivity contribution in [1.29, 1.82) is 0 Å². The van der Waals surface area contributed by atoms with Crippen LogP contribution in [0.4, 0.5) is 5.69 Å². The Bertz CT molecular complexity index is 449. The minimum absolute atomic E-state index is 0.0581. The SMILES string of the molecule is Cc1cc(C(C)(C)C)cc(C)c1N(C)C(=O)CCO. The van der Waals surface area contributed by atoms with Crippen LogP contribution in [-0.2, 0) is 10.2 Å². The van der Waals surface area contributed by atoms with Crippen molar-refractivity contribution in [3.05, 3.63) is 28.8 Å². The largest absolute Gasteiger partial charge is 0.396 e. The van der Waals surface area contributed by atoms with Gasteiger partial charge in [0, 0.05) is 12.7 Å². The van der Waals surface area contributed by atoms with E-state index in [2.05, 4.69) is 32.9 Å². The van der Waals surface area contributed by atoms with Gasteiger partial charge in [-0.15, -0.1) is 0 Å². The Morgan fingerprint density at radius 1 is 1.21 bits per heavy atom. The monoisotopic (exact) mass is 263 g/mol. The molecule has 0 saturated heterocycles. The lowest BCUT2D eigenvalue weighted by Crippen LogP contribution is -2.28. The third-order valence-electron chi connectivity index (χ3n) is 3.39. The Kier molecular flexibility index (Phi) is 4.75. The third kappa shape index (κ3) is 3.57. The van der Waals surface area contributed by atoms with Crippen LogP contribution in [0.5, 0.6) is 0 Å². The average molecular weight is 263 g/mol. The fraction of sp³-hybridized carbons (Fsp3) is 0.562. The highest BCUT2D eigenvalue weighted by atomic mass is 16.3. The van der Waals surface area contributed by atoms with E-state index >= 15 is 0 Å². The number of hydrogen-bond donors (Lipinski definition) is 1. The number of nitrogens with zero attached hydrogens (tertiary/aromatic N) is 1. The molecule has 1 aromatic rings. The van der Waals surface area contributed by atoms with Gasteiger partial charge in [-0.2, -0.15) is 0 Å². The Hall–Kier alpha value is -1.35. The van der Waals surface area contributed by atoms with E-state index in [1.165, 1.54) is 5.56 Å². The number of anilines is 1. The summed E-state index contributed by atoms with van der Waals surface area (Å²) >= 11 is 0. The van der Waals surface area contributed by atoms with Crippen LogP contribution >= 0.6 is 0 Å². The average Bonchev–Trinajstić information content (AvgIpc) is 2.26. The molecule has 0 aliphatic carbocycles. The molecule has 1 N–H and O–H groups in total. The predicted octanol–water partition coefficient (Wildman–Crippen LogP) is 2.95. The zero-order chi connectivity index (χ0) is 14.8. The van der Waals surface area contributed by atoms with Crippen LogP contribution in [0.3, 0.4) is 0 Å². The topological polar surface area (TPSA) is 40.5 Å². The van der Waals surface area contributed by atoms with E-state index in [1.54, 1.807) is 11.9 Å². The first kappa shape index (κ1) is 15.7. The van der Waals surface area contributed by atoms with Crippen molar-refractivity contribution in [3.63, 3.8) is 0 Å². The Labute approximate surface area is 116 Å². The second-order valence-electron chi connectivity index (χ2n) is 6.14. The summed E-state index contributed by atoms with van der Waals surface area (Å²) in [4.78, 5) is 13.5. The lowest BCUT2D eigenvalue weighted by molar-refractivity contribution is -0.118. The summed E-state index contributed by atoms with van der Waals surface area (Å²) in [6.45, 7) is 10.5. The van der Waals surface area contributed by atoms with E-state index in [1.807, 2.05) is 13.8 Å². The van der Waals surface area contributed by atoms with E-state index in [9.17, 15) is 4.79 Å². The number of benzene rings is 1. The quantitative estimate of drug-likeness (QED) is 0.911. The molecule has 1 rings (SSSR count). The van der Waals surface area contributed by atoms with Crippen molar-refractivity contribution in [2.45, 2.75) is 46.5 Å². The molecular formula is C16H25NO2. The fourth-order valence-electron chi connectivity index (χ4n) is 2.31. The van der Waals surface area contributed by atoms with Gasteiger partial charge in [0.05, 0.1) is 13.0 Å². The van der Waals surface area contributed by atoms with Gasteiger partial charge in [-0.1, -0.05) is 32.9 Å². The van der Waals surface area contributed by atoms with Crippen LogP contribution in [-0.4, -0.2) is 24.7 Å². The van der Waals surface area contributed by atoms with E-state index < -0.39 is 0 Å². The first-order valence-corrected chi connectivity index (χ1v) is 6.67. The van der Waals surface area contributed by atoms with Crippen molar-refractivity contribution in [3.8, 4) is 0 Å². The standard InChI is InChI=1S/C16H25NO2/c1-11-9-13(16(3,4)5)10-12(2)15(11)17(6)14(19)7-8-18/h9-10,18H,7-8H2,1-6H3. The zero-order valence-corrected chi connectivity index (χ0v) is 12.9. The molecule has 0 saturated carbocycles. The molecule has 0 fully saturated rings. The summed E-state index contributed by atoms with van der Waals surface area (Å²) in [5.41, 5.74) is 4.51. The number of aliphatic hydroxyl groups excluding tert-OH is 1. The van der Waals surface area contributed by atoms with Gasteiger partial charge in [-0.25, -0.2) is 0 Å². The normalized spacial score (nSPS) is 11.5. The van der Waals surface area contributed by atoms with Crippen LogP contribution in [0.2, 0.25) is 0 Å². The summed E-state index contributed by atoms with van der Waals surface area (Å²) in [5, 5.41) is 8.87. The molecule has 3 nitrogen and oxygen atoms in total. The number of amides is 1. The molecule has 0 radical (unpaired) electrons. The smallest absolute Gasteiger partial charge is 0.229 e. The highest BCUT2D eigenvalue weighted by Crippen LogP contribution is 2.31. The maximum atomic E-state index is 11.9.